The molecule has 0 radical (unpaired) electrons. The van der Waals surface area contributed by atoms with Crippen LogP contribution in [0.15, 0.2) is 45.6 Å². The molecule has 0 saturated heterocycles. The average molecular weight is 325 g/mol. The van der Waals surface area contributed by atoms with E-state index in [0.29, 0.717) is 16.8 Å². The summed E-state index contributed by atoms with van der Waals surface area (Å²) in [7, 11) is 0. The highest BCUT2D eigenvalue weighted by atomic mass is 16.5. The van der Waals surface area contributed by atoms with Crippen molar-refractivity contribution in [3.05, 3.63) is 63.6 Å². The highest BCUT2D eigenvalue weighted by Crippen LogP contribution is 2.26. The molecule has 0 N–H and O–H groups in total. The number of fused-ring (bicyclic) bond motifs is 1. The van der Waals surface area contributed by atoms with Gasteiger partial charge in [-0.25, -0.2) is 4.79 Å². The zero-order chi connectivity index (χ0) is 17.3. The molecule has 5 heteroatoms. The summed E-state index contributed by atoms with van der Waals surface area (Å²) in [6.45, 7) is 6.03. The number of oxazole rings is 1. The van der Waals surface area contributed by atoms with Crippen molar-refractivity contribution in [3.63, 3.8) is 0 Å². The molecule has 124 valence electrons. The number of hydrogen-bond donors (Lipinski definition) is 0. The van der Waals surface area contributed by atoms with E-state index in [9.17, 15) is 9.59 Å². The molecule has 0 aliphatic rings. The van der Waals surface area contributed by atoms with Gasteiger partial charge < -0.3 is 9.15 Å². The van der Waals surface area contributed by atoms with Gasteiger partial charge >= 0.3 is 11.7 Å². The zero-order valence-electron chi connectivity index (χ0n) is 14.0. The maximum atomic E-state index is 12.2. The van der Waals surface area contributed by atoms with E-state index in [1.807, 2.05) is 39.0 Å². The van der Waals surface area contributed by atoms with E-state index in [1.54, 1.807) is 18.2 Å². The highest BCUT2D eigenvalue weighted by Gasteiger charge is 2.14. The fraction of sp³-hybridized carbons (Fsp3) is 0.263. The van der Waals surface area contributed by atoms with Crippen molar-refractivity contribution in [1.82, 2.24) is 4.57 Å². The summed E-state index contributed by atoms with van der Waals surface area (Å²) in [5, 5.41) is 0. The Kier molecular flexibility index (Phi) is 4.25. The summed E-state index contributed by atoms with van der Waals surface area (Å²) in [5.74, 6) is -0.236. The van der Waals surface area contributed by atoms with Crippen LogP contribution in [0.3, 0.4) is 0 Å². The minimum absolute atomic E-state index is 0.0935. The first-order valence-electron chi connectivity index (χ1n) is 7.83. The highest BCUT2D eigenvalue weighted by molar-refractivity contribution is 5.75. The summed E-state index contributed by atoms with van der Waals surface area (Å²) >= 11 is 0. The van der Waals surface area contributed by atoms with Gasteiger partial charge in [0.2, 0.25) is 0 Å². The quantitative estimate of drug-likeness (QED) is 0.544. The van der Waals surface area contributed by atoms with E-state index in [4.69, 9.17) is 9.15 Å². The van der Waals surface area contributed by atoms with Crippen molar-refractivity contribution in [2.45, 2.75) is 33.7 Å². The normalized spacial score (nSPS) is 11.0. The van der Waals surface area contributed by atoms with E-state index in [-0.39, 0.29) is 18.9 Å². The van der Waals surface area contributed by atoms with E-state index in [1.165, 1.54) is 4.57 Å². The second-order valence-corrected chi connectivity index (χ2v) is 5.86. The number of para-hydroxylation sites is 2. The molecular weight excluding hydrogens is 306 g/mol. The lowest BCUT2D eigenvalue weighted by Crippen LogP contribution is -2.19. The summed E-state index contributed by atoms with van der Waals surface area (Å²) in [6.07, 6.45) is 0.0935. The molecule has 0 spiro atoms. The number of ether oxygens (including phenoxy) is 1. The van der Waals surface area contributed by atoms with Crippen LogP contribution >= 0.6 is 0 Å². The number of esters is 1. The smallest absolute Gasteiger partial charge is 0.419 e. The molecule has 0 saturated carbocycles. The number of nitrogens with zero attached hydrogens (tertiary/aromatic N) is 1. The van der Waals surface area contributed by atoms with Crippen LogP contribution in [-0.2, 0) is 11.3 Å². The van der Waals surface area contributed by atoms with Gasteiger partial charge in [-0.05, 0) is 49.6 Å². The minimum atomic E-state index is -0.466. The molecule has 0 aliphatic heterocycles. The SMILES string of the molecule is Cc1ccc(C)c(OC(=O)CCn2c(=O)oc3ccccc32)c1C. The number of hydrogen-bond acceptors (Lipinski definition) is 4. The van der Waals surface area contributed by atoms with Crippen LogP contribution in [0.2, 0.25) is 0 Å². The molecule has 24 heavy (non-hydrogen) atoms. The van der Waals surface area contributed by atoms with Crippen LogP contribution in [0.4, 0.5) is 0 Å². The van der Waals surface area contributed by atoms with Gasteiger partial charge in [-0.2, -0.15) is 0 Å². The van der Waals surface area contributed by atoms with Crippen molar-refractivity contribution in [2.24, 2.45) is 0 Å². The molecule has 5 nitrogen and oxygen atoms in total. The molecule has 2 aromatic carbocycles. The first kappa shape index (κ1) is 16.1. The van der Waals surface area contributed by atoms with E-state index in [2.05, 4.69) is 0 Å². The minimum Gasteiger partial charge on any atom is -0.426 e. The van der Waals surface area contributed by atoms with Crippen molar-refractivity contribution in [2.75, 3.05) is 0 Å². The zero-order valence-corrected chi connectivity index (χ0v) is 14.0. The Morgan fingerprint density at radius 2 is 1.79 bits per heavy atom. The van der Waals surface area contributed by atoms with Gasteiger partial charge in [0, 0.05) is 6.54 Å². The predicted molar refractivity (Wildman–Crippen MR) is 91.4 cm³/mol. The van der Waals surface area contributed by atoms with Crippen LogP contribution < -0.4 is 10.5 Å². The van der Waals surface area contributed by atoms with E-state index < -0.39 is 5.76 Å². The maximum absolute atomic E-state index is 12.2. The van der Waals surface area contributed by atoms with Gasteiger partial charge in [0.1, 0.15) is 5.75 Å². The second kappa shape index (κ2) is 6.35. The Bertz CT molecular complexity index is 965. The van der Waals surface area contributed by atoms with E-state index >= 15 is 0 Å². The third-order valence-electron chi connectivity index (χ3n) is 4.20. The molecular formula is C19H19NO4. The first-order valence-corrected chi connectivity index (χ1v) is 7.83. The Labute approximate surface area is 139 Å². The van der Waals surface area contributed by atoms with Gasteiger partial charge in [-0.1, -0.05) is 24.3 Å². The molecule has 0 amide bonds. The molecule has 0 atom stereocenters. The molecule has 0 aliphatic carbocycles. The molecule has 3 rings (SSSR count). The summed E-state index contributed by atoms with van der Waals surface area (Å²) in [5.41, 5.74) is 4.13. The Balaban J connectivity index is 1.76. The first-order chi connectivity index (χ1) is 11.5. The Hall–Kier alpha value is -2.82. The number of carbonyl (C=O) groups is 1. The molecule has 0 fully saturated rings. The van der Waals surface area contributed by atoms with Crippen LogP contribution in [-0.4, -0.2) is 10.5 Å². The third kappa shape index (κ3) is 2.97. The van der Waals surface area contributed by atoms with Crippen LogP contribution in [0, 0.1) is 20.8 Å². The van der Waals surface area contributed by atoms with Crippen molar-refractivity contribution < 1.29 is 13.9 Å². The van der Waals surface area contributed by atoms with Gasteiger partial charge in [-0.15, -0.1) is 0 Å². The van der Waals surface area contributed by atoms with Crippen LogP contribution in [0.25, 0.3) is 11.1 Å². The van der Waals surface area contributed by atoms with Crippen molar-refractivity contribution >= 4 is 17.1 Å². The molecule has 1 heterocycles. The van der Waals surface area contributed by atoms with Gasteiger partial charge in [-0.3, -0.25) is 9.36 Å². The molecule has 1 aromatic heterocycles. The molecule has 0 bridgehead atoms. The lowest BCUT2D eigenvalue weighted by Gasteiger charge is -2.12. The largest absolute Gasteiger partial charge is 0.426 e. The van der Waals surface area contributed by atoms with Gasteiger partial charge in [0.15, 0.2) is 5.58 Å². The van der Waals surface area contributed by atoms with Crippen molar-refractivity contribution in [3.8, 4) is 5.75 Å². The number of aromatic nitrogens is 1. The topological polar surface area (TPSA) is 61.4 Å². The number of carbonyl (C=O) groups excluding carboxylic acids is 1. The Morgan fingerprint density at radius 1 is 1.08 bits per heavy atom. The van der Waals surface area contributed by atoms with Crippen LogP contribution in [0.5, 0.6) is 5.75 Å². The van der Waals surface area contributed by atoms with Crippen molar-refractivity contribution in [1.29, 1.82) is 0 Å². The van der Waals surface area contributed by atoms with Gasteiger partial charge in [0.25, 0.3) is 0 Å². The number of rotatable bonds is 4. The standard InChI is InChI=1S/C19H19NO4/c1-12-8-9-13(2)18(14(12)3)24-17(21)10-11-20-15-6-4-5-7-16(15)23-19(20)22/h4-9H,10-11H2,1-3H3. The predicted octanol–water partition coefficient (Wildman–Crippen LogP) is 3.52. The summed E-state index contributed by atoms with van der Waals surface area (Å²) in [6, 6.07) is 11.1. The average Bonchev–Trinajstić information content (AvgIpc) is 2.88. The fourth-order valence-electron chi connectivity index (χ4n) is 2.68. The summed E-state index contributed by atoms with van der Waals surface area (Å²) in [4.78, 5) is 24.1. The molecule has 0 unspecified atom stereocenters. The summed E-state index contributed by atoms with van der Waals surface area (Å²) < 4.78 is 12.1. The monoisotopic (exact) mass is 325 g/mol. The third-order valence-corrected chi connectivity index (χ3v) is 4.20. The lowest BCUT2D eigenvalue weighted by molar-refractivity contribution is -0.134. The van der Waals surface area contributed by atoms with E-state index in [0.717, 1.165) is 16.7 Å². The lowest BCUT2D eigenvalue weighted by atomic mass is 10.1. The number of aryl methyl sites for hydroxylation is 3. The Morgan fingerprint density at radius 3 is 2.58 bits per heavy atom. The number of benzene rings is 2. The van der Waals surface area contributed by atoms with Gasteiger partial charge in [0.05, 0.1) is 11.9 Å². The fourth-order valence-corrected chi connectivity index (χ4v) is 2.68. The molecule has 3 aromatic rings. The maximum Gasteiger partial charge on any atom is 0.419 e. The van der Waals surface area contributed by atoms with Crippen LogP contribution in [0.1, 0.15) is 23.1 Å². The second-order valence-electron chi connectivity index (χ2n) is 5.86.